The van der Waals surface area contributed by atoms with Gasteiger partial charge < -0.3 is 4.81 Å². The Labute approximate surface area is 66.3 Å². The van der Waals surface area contributed by atoms with Gasteiger partial charge >= 0.3 is 0 Å². The Hall–Kier alpha value is -1.25. The smallest absolute Gasteiger partial charge is 0.241 e. The van der Waals surface area contributed by atoms with E-state index >= 15 is 0 Å². The molecule has 1 aliphatic rings. The molecule has 2 nitrogen and oxygen atoms in total. The van der Waals surface area contributed by atoms with Gasteiger partial charge in [-0.3, -0.25) is 4.79 Å². The van der Waals surface area contributed by atoms with Crippen molar-refractivity contribution in [3.05, 3.63) is 35.4 Å². The van der Waals surface area contributed by atoms with Crippen molar-refractivity contribution < 1.29 is 4.79 Å². The van der Waals surface area contributed by atoms with Gasteiger partial charge in [0.05, 0.1) is 0 Å². The molecule has 2 rings (SSSR count). The summed E-state index contributed by atoms with van der Waals surface area (Å²) in [5.74, 6) is -0.0828. The molecule has 1 aromatic carbocycles. The third-order valence-corrected chi connectivity index (χ3v) is 1.85. The number of nitrogens with zero attached hydrogens (tertiary/aromatic N) is 1. The van der Waals surface area contributed by atoms with E-state index in [1.807, 2.05) is 18.2 Å². The Balaban J connectivity index is 2.55. The Morgan fingerprint density at radius 3 is 2.82 bits per heavy atom. The van der Waals surface area contributed by atoms with Crippen LogP contribution < -0.4 is 0 Å². The Kier molecular flexibility index (Phi) is 1.25. The third kappa shape index (κ3) is 0.844. The number of fused-ring (bicyclic) bond motifs is 1. The molecule has 1 aromatic rings. The van der Waals surface area contributed by atoms with Crippen LogP contribution in [0.5, 0.6) is 0 Å². The van der Waals surface area contributed by atoms with E-state index in [2.05, 4.69) is 0 Å². The number of benzene rings is 1. The molecular formula is C8H6BNO. The van der Waals surface area contributed by atoms with Crippen LogP contribution in [0.3, 0.4) is 0 Å². The van der Waals surface area contributed by atoms with Gasteiger partial charge in [-0.1, -0.05) is 18.2 Å². The maximum Gasteiger partial charge on any atom is 0.241 e. The molecule has 0 saturated carbocycles. The number of rotatable bonds is 0. The van der Waals surface area contributed by atoms with Gasteiger partial charge in [-0.15, -0.1) is 0 Å². The lowest BCUT2D eigenvalue weighted by Gasteiger charge is -2.05. The van der Waals surface area contributed by atoms with E-state index < -0.39 is 0 Å². The van der Waals surface area contributed by atoms with Crippen LogP contribution in [0.4, 0.5) is 0 Å². The first-order valence-corrected chi connectivity index (χ1v) is 3.43. The number of carbonyl (C=O) groups excluding carboxylic acids is 1. The summed E-state index contributed by atoms with van der Waals surface area (Å²) in [5.41, 5.74) is 1.75. The van der Waals surface area contributed by atoms with Gasteiger partial charge in [-0.2, -0.15) is 0 Å². The molecular weight excluding hydrogens is 137 g/mol. The lowest BCUT2D eigenvalue weighted by molar-refractivity contribution is 0.0880. The molecule has 0 spiro atoms. The van der Waals surface area contributed by atoms with E-state index in [1.54, 1.807) is 6.07 Å². The summed E-state index contributed by atoms with van der Waals surface area (Å²) in [7, 11) is 5.41. The van der Waals surface area contributed by atoms with E-state index in [-0.39, 0.29) is 5.91 Å². The zero-order chi connectivity index (χ0) is 7.84. The van der Waals surface area contributed by atoms with Crippen LogP contribution in [0.1, 0.15) is 15.9 Å². The first kappa shape index (κ1) is 6.46. The van der Waals surface area contributed by atoms with Crippen LogP contribution in [-0.2, 0) is 6.54 Å². The first-order chi connectivity index (χ1) is 5.29. The standard InChI is InChI=1S/C8H6BNO/c9-10-5-6-3-1-2-4-7(6)8(10)11/h1-4H,5H2. The van der Waals surface area contributed by atoms with Crippen molar-refractivity contribution in [3.8, 4) is 0 Å². The van der Waals surface area contributed by atoms with E-state index in [4.69, 9.17) is 7.98 Å². The number of carbonyl (C=O) groups is 1. The molecule has 0 aliphatic carbocycles. The molecule has 0 saturated heterocycles. The molecule has 0 fully saturated rings. The minimum Gasteiger partial charge on any atom is -0.389 e. The minimum atomic E-state index is -0.0828. The molecule has 0 aromatic heterocycles. The highest BCUT2D eigenvalue weighted by atomic mass is 16.2. The van der Waals surface area contributed by atoms with Crippen LogP contribution in [-0.4, -0.2) is 18.7 Å². The average molecular weight is 143 g/mol. The maximum atomic E-state index is 11.2. The number of hydrogen-bond donors (Lipinski definition) is 0. The highest BCUT2D eigenvalue weighted by Gasteiger charge is 2.22. The average Bonchev–Trinajstić information content (AvgIpc) is 2.30. The maximum absolute atomic E-state index is 11.2. The van der Waals surface area contributed by atoms with Gasteiger partial charge in [0.15, 0.2) is 0 Å². The Bertz CT molecular complexity index is 311. The highest BCUT2D eigenvalue weighted by molar-refractivity contribution is 6.19. The molecule has 1 amide bonds. The third-order valence-electron chi connectivity index (χ3n) is 1.85. The molecule has 0 atom stereocenters. The molecule has 3 heteroatoms. The van der Waals surface area contributed by atoms with Gasteiger partial charge in [0.25, 0.3) is 0 Å². The lowest BCUT2D eigenvalue weighted by atomic mass is 10.1. The van der Waals surface area contributed by atoms with Crippen molar-refractivity contribution in [1.82, 2.24) is 4.81 Å². The monoisotopic (exact) mass is 143 g/mol. The zero-order valence-electron chi connectivity index (χ0n) is 5.95. The Morgan fingerprint density at radius 2 is 2.09 bits per heavy atom. The molecule has 11 heavy (non-hydrogen) atoms. The van der Waals surface area contributed by atoms with Gasteiger partial charge in [0.2, 0.25) is 13.9 Å². The summed E-state index contributed by atoms with van der Waals surface area (Å²) in [6.07, 6.45) is 0. The van der Waals surface area contributed by atoms with E-state index in [0.29, 0.717) is 6.54 Å². The number of hydrogen-bond acceptors (Lipinski definition) is 1. The van der Waals surface area contributed by atoms with Crippen molar-refractivity contribution in [1.29, 1.82) is 0 Å². The predicted octanol–water partition coefficient (Wildman–Crippen LogP) is 0.726. The largest absolute Gasteiger partial charge is 0.389 e. The second-order valence-electron chi connectivity index (χ2n) is 2.59. The van der Waals surface area contributed by atoms with Crippen LogP contribution in [0.2, 0.25) is 0 Å². The molecule has 0 unspecified atom stereocenters. The predicted molar refractivity (Wildman–Crippen MR) is 42.1 cm³/mol. The topological polar surface area (TPSA) is 20.3 Å². The van der Waals surface area contributed by atoms with Gasteiger partial charge in [-0.25, -0.2) is 0 Å². The molecule has 0 bridgehead atoms. The van der Waals surface area contributed by atoms with Crippen molar-refractivity contribution in [2.24, 2.45) is 0 Å². The molecule has 1 heterocycles. The minimum absolute atomic E-state index is 0.0828. The molecule has 0 N–H and O–H groups in total. The summed E-state index contributed by atoms with van der Waals surface area (Å²) in [6.45, 7) is 0.537. The first-order valence-electron chi connectivity index (χ1n) is 3.43. The SMILES string of the molecule is [B]N1Cc2ccccc2C1=O. The summed E-state index contributed by atoms with van der Waals surface area (Å²) >= 11 is 0. The van der Waals surface area contributed by atoms with Crippen molar-refractivity contribution >= 4 is 13.9 Å². The van der Waals surface area contributed by atoms with Crippen molar-refractivity contribution in [2.75, 3.05) is 0 Å². The van der Waals surface area contributed by atoms with Crippen molar-refractivity contribution in [3.63, 3.8) is 0 Å². The summed E-state index contributed by atoms with van der Waals surface area (Å²) in [4.78, 5) is 12.4. The summed E-state index contributed by atoms with van der Waals surface area (Å²) in [5, 5.41) is 0. The molecule has 52 valence electrons. The second kappa shape index (κ2) is 2.12. The van der Waals surface area contributed by atoms with E-state index in [0.717, 1.165) is 11.1 Å². The van der Waals surface area contributed by atoms with Gasteiger partial charge in [0.1, 0.15) is 0 Å². The summed E-state index contributed by atoms with van der Waals surface area (Å²) in [6, 6.07) is 7.46. The quantitative estimate of drug-likeness (QED) is 0.490. The summed E-state index contributed by atoms with van der Waals surface area (Å²) < 4.78 is 0. The van der Waals surface area contributed by atoms with E-state index in [1.165, 1.54) is 4.81 Å². The fourth-order valence-corrected chi connectivity index (χ4v) is 1.28. The van der Waals surface area contributed by atoms with Crippen molar-refractivity contribution in [2.45, 2.75) is 6.54 Å². The van der Waals surface area contributed by atoms with Crippen LogP contribution >= 0.6 is 0 Å². The number of amides is 1. The molecule has 1 aliphatic heterocycles. The van der Waals surface area contributed by atoms with Crippen LogP contribution in [0, 0.1) is 0 Å². The fraction of sp³-hybridized carbons (Fsp3) is 0.125. The van der Waals surface area contributed by atoms with Crippen LogP contribution in [0.15, 0.2) is 24.3 Å². The van der Waals surface area contributed by atoms with E-state index in [9.17, 15) is 4.79 Å². The molecule has 2 radical (unpaired) electrons. The van der Waals surface area contributed by atoms with Gasteiger partial charge in [-0.05, 0) is 11.6 Å². The lowest BCUT2D eigenvalue weighted by Crippen LogP contribution is -2.19. The second-order valence-corrected chi connectivity index (χ2v) is 2.59. The van der Waals surface area contributed by atoms with Gasteiger partial charge in [0, 0.05) is 12.1 Å². The zero-order valence-corrected chi connectivity index (χ0v) is 5.95. The highest BCUT2D eigenvalue weighted by Crippen LogP contribution is 2.19. The Morgan fingerprint density at radius 1 is 1.36 bits per heavy atom. The normalized spacial score (nSPS) is 15.3. The fourth-order valence-electron chi connectivity index (χ4n) is 1.28. The van der Waals surface area contributed by atoms with Crippen LogP contribution in [0.25, 0.3) is 0 Å².